The van der Waals surface area contributed by atoms with Crippen LogP contribution >= 0.6 is 11.6 Å². The van der Waals surface area contributed by atoms with E-state index in [9.17, 15) is 27.0 Å². The highest BCUT2D eigenvalue weighted by atomic mass is 35.5. The second-order valence-electron chi connectivity index (χ2n) is 9.49. The van der Waals surface area contributed by atoms with E-state index in [1.165, 1.54) is 17.1 Å². The summed E-state index contributed by atoms with van der Waals surface area (Å²) in [6.45, 7) is 1.97. The predicted molar refractivity (Wildman–Crippen MR) is 136 cm³/mol. The summed E-state index contributed by atoms with van der Waals surface area (Å²) in [7, 11) is -4.94. The van der Waals surface area contributed by atoms with Gasteiger partial charge in [-0.2, -0.15) is 8.42 Å². The van der Waals surface area contributed by atoms with Crippen LogP contribution in [-0.4, -0.2) is 52.8 Å². The highest BCUT2D eigenvalue weighted by Gasteiger charge is 2.48. The quantitative estimate of drug-likeness (QED) is 0.323. The summed E-state index contributed by atoms with van der Waals surface area (Å²) >= 11 is 6.39. The lowest BCUT2D eigenvalue weighted by Crippen LogP contribution is -2.50. The molecule has 0 spiro atoms. The van der Waals surface area contributed by atoms with Crippen molar-refractivity contribution in [2.75, 3.05) is 6.54 Å². The topological polar surface area (TPSA) is 119 Å². The van der Waals surface area contributed by atoms with E-state index in [4.69, 9.17) is 11.6 Å². The molecule has 37 heavy (non-hydrogen) atoms. The van der Waals surface area contributed by atoms with Gasteiger partial charge >= 0.3 is 10.3 Å². The highest BCUT2D eigenvalue weighted by Crippen LogP contribution is 2.34. The Morgan fingerprint density at radius 2 is 1.78 bits per heavy atom. The minimum atomic E-state index is -4.94. The molecule has 1 aliphatic heterocycles. The van der Waals surface area contributed by atoms with Crippen LogP contribution in [0.1, 0.15) is 62.2 Å². The molecule has 1 saturated carbocycles. The Morgan fingerprint density at radius 3 is 2.38 bits per heavy atom. The van der Waals surface area contributed by atoms with Crippen molar-refractivity contribution in [3.05, 3.63) is 70.5 Å². The average Bonchev–Trinajstić information content (AvgIpc) is 3.56. The molecular formula is C25H30ClFN4O5S. The van der Waals surface area contributed by atoms with Crippen LogP contribution in [0, 0.1) is 5.82 Å². The summed E-state index contributed by atoms with van der Waals surface area (Å²) in [5, 5.41) is 7.12. The third-order valence-electron chi connectivity index (χ3n) is 6.67. The van der Waals surface area contributed by atoms with Crippen molar-refractivity contribution in [3.8, 4) is 0 Å². The van der Waals surface area contributed by atoms with Crippen molar-refractivity contribution in [2.24, 2.45) is 0 Å². The van der Waals surface area contributed by atoms with Gasteiger partial charge in [-0.25, -0.2) is 9.40 Å². The fraction of sp³-hybridized carbons (Fsp3) is 0.440. The van der Waals surface area contributed by atoms with Crippen molar-refractivity contribution in [1.29, 1.82) is 0 Å². The van der Waals surface area contributed by atoms with Gasteiger partial charge in [-0.05, 0) is 43.5 Å². The fourth-order valence-corrected chi connectivity index (χ4v) is 5.94. The van der Waals surface area contributed by atoms with E-state index >= 15 is 0 Å². The van der Waals surface area contributed by atoms with Crippen molar-refractivity contribution < 1.29 is 27.0 Å². The van der Waals surface area contributed by atoms with Gasteiger partial charge in [0.2, 0.25) is 11.8 Å². The Bertz CT molecular complexity index is 1260. The zero-order valence-corrected chi connectivity index (χ0v) is 21.9. The Morgan fingerprint density at radius 1 is 1.11 bits per heavy atom. The maximum atomic E-state index is 14.2. The monoisotopic (exact) mass is 552 g/mol. The molecule has 2 fully saturated rings. The summed E-state index contributed by atoms with van der Waals surface area (Å²) < 4.78 is 49.6. The number of carbonyl (C=O) groups excluding carboxylic acids is 2. The Kier molecular flexibility index (Phi) is 8.49. The van der Waals surface area contributed by atoms with Crippen LogP contribution in [0.5, 0.6) is 0 Å². The van der Waals surface area contributed by atoms with Gasteiger partial charge < -0.3 is 10.6 Å². The third kappa shape index (κ3) is 6.66. The van der Waals surface area contributed by atoms with Gasteiger partial charge in [0.15, 0.2) is 0 Å². The number of nitrogens with zero attached hydrogens (tertiary/aromatic N) is 2. The van der Waals surface area contributed by atoms with Crippen molar-refractivity contribution in [1.82, 2.24) is 20.1 Å². The molecule has 3 N–H and O–H groups in total. The van der Waals surface area contributed by atoms with E-state index in [0.717, 1.165) is 44.2 Å². The zero-order valence-electron chi connectivity index (χ0n) is 20.3. The number of benzene rings is 2. The molecule has 2 aromatic rings. The van der Waals surface area contributed by atoms with Crippen molar-refractivity contribution in [2.45, 2.75) is 63.2 Å². The van der Waals surface area contributed by atoms with Gasteiger partial charge in [0.05, 0.1) is 0 Å². The van der Waals surface area contributed by atoms with Gasteiger partial charge in [0, 0.05) is 29.2 Å². The van der Waals surface area contributed by atoms with Gasteiger partial charge in [-0.15, -0.1) is 0 Å². The molecule has 9 nitrogen and oxygen atoms in total. The van der Waals surface area contributed by atoms with Gasteiger partial charge in [-0.1, -0.05) is 65.6 Å². The van der Waals surface area contributed by atoms with Crippen LogP contribution in [-0.2, 0) is 19.9 Å². The van der Waals surface area contributed by atoms with Gasteiger partial charge in [-0.3, -0.25) is 14.1 Å². The molecule has 2 amide bonds. The summed E-state index contributed by atoms with van der Waals surface area (Å²) in [6.07, 6.45) is 4.67. The molecule has 12 heteroatoms. The number of hydrogen-bond acceptors (Lipinski definition) is 5. The first-order valence-electron chi connectivity index (χ1n) is 12.2. The molecule has 4 atom stereocenters. The van der Waals surface area contributed by atoms with Crippen LogP contribution in [0.4, 0.5) is 4.39 Å². The van der Waals surface area contributed by atoms with Gasteiger partial charge in [0.25, 0.3) is 0 Å². The largest absolute Gasteiger partial charge is 0.351 e. The molecule has 3 unspecified atom stereocenters. The molecular weight excluding hydrogens is 523 g/mol. The lowest BCUT2D eigenvalue weighted by atomic mass is 9.95. The SMILES string of the molecule is C[C@@H]1CN1N(C(C(=O)NC(C(=O)NC1CCCCC1)c1ccccc1Cl)c1cccc(F)c1)S(=O)(=O)O. The van der Waals surface area contributed by atoms with E-state index in [1.807, 2.05) is 0 Å². The smallest absolute Gasteiger partial charge is 0.350 e. The van der Waals surface area contributed by atoms with E-state index in [1.54, 1.807) is 31.2 Å². The van der Waals surface area contributed by atoms with Crippen LogP contribution in [0.2, 0.25) is 5.02 Å². The minimum Gasteiger partial charge on any atom is -0.351 e. The standard InChI is InChI=1S/C25H30ClFN4O5S/c1-16-15-30(16)31(37(34,35)36)23(17-8-7-9-18(27)14-17)25(33)29-22(20-12-5-6-13-21(20)26)24(32)28-19-10-3-2-4-11-19/h5-9,12-14,16,19,22-23H,2-4,10-11,15H2,1H3,(H,28,32)(H,29,33)(H,34,35,36)/t16-,22?,23?,30?/m1/s1. The molecule has 1 aliphatic carbocycles. The molecule has 200 valence electrons. The molecule has 2 aliphatic rings. The van der Waals surface area contributed by atoms with Crippen molar-refractivity contribution >= 4 is 33.7 Å². The fourth-order valence-electron chi connectivity index (χ4n) is 4.71. The Balaban J connectivity index is 1.71. The van der Waals surface area contributed by atoms with Crippen LogP contribution in [0.25, 0.3) is 0 Å². The Hall–Kier alpha value is -2.57. The van der Waals surface area contributed by atoms with E-state index in [-0.39, 0.29) is 29.2 Å². The summed E-state index contributed by atoms with van der Waals surface area (Å²) in [4.78, 5) is 27.2. The maximum absolute atomic E-state index is 14.2. The van der Waals surface area contributed by atoms with E-state index < -0.39 is 40.0 Å². The molecule has 2 aromatic carbocycles. The molecule has 0 aromatic heterocycles. The summed E-state index contributed by atoms with van der Waals surface area (Å²) in [6, 6.07) is 8.14. The minimum absolute atomic E-state index is 0.0141. The first kappa shape index (κ1) is 27.5. The molecule has 1 heterocycles. The van der Waals surface area contributed by atoms with Crippen molar-refractivity contribution in [3.63, 3.8) is 0 Å². The highest BCUT2D eigenvalue weighted by molar-refractivity contribution is 7.83. The molecule has 0 radical (unpaired) electrons. The Labute approximate surface area is 220 Å². The number of carbonyl (C=O) groups is 2. The lowest BCUT2D eigenvalue weighted by Gasteiger charge is -2.31. The zero-order chi connectivity index (χ0) is 26.7. The lowest BCUT2D eigenvalue weighted by molar-refractivity contribution is -0.133. The first-order valence-corrected chi connectivity index (χ1v) is 14.0. The predicted octanol–water partition coefficient (Wildman–Crippen LogP) is 3.55. The van der Waals surface area contributed by atoms with Crippen LogP contribution in [0.15, 0.2) is 48.5 Å². The number of halogens is 2. The number of hydrazine groups is 1. The molecule has 4 rings (SSSR count). The van der Waals surface area contributed by atoms with E-state index in [0.29, 0.717) is 9.98 Å². The van der Waals surface area contributed by atoms with Crippen LogP contribution < -0.4 is 10.6 Å². The summed E-state index contributed by atoms with van der Waals surface area (Å²) in [5.41, 5.74) is 0.308. The summed E-state index contributed by atoms with van der Waals surface area (Å²) in [5.74, 6) is -2.11. The van der Waals surface area contributed by atoms with E-state index in [2.05, 4.69) is 10.6 Å². The normalized spacial score (nSPS) is 21.8. The maximum Gasteiger partial charge on any atom is 0.350 e. The third-order valence-corrected chi connectivity index (χ3v) is 7.90. The number of nitrogens with one attached hydrogen (secondary N) is 2. The number of hydrogen-bond donors (Lipinski definition) is 3. The van der Waals surface area contributed by atoms with Crippen LogP contribution in [0.3, 0.4) is 0 Å². The first-order chi connectivity index (χ1) is 17.6. The number of rotatable bonds is 9. The second-order valence-corrected chi connectivity index (χ2v) is 11.2. The number of amides is 2. The van der Waals surface area contributed by atoms with Gasteiger partial charge in [0.1, 0.15) is 17.9 Å². The molecule has 1 saturated heterocycles. The molecule has 0 bridgehead atoms. The average molecular weight is 553 g/mol. The second kappa shape index (κ2) is 11.4.